The van der Waals surface area contributed by atoms with Crippen molar-refractivity contribution >= 4 is 17.7 Å². The fraction of sp³-hybridized carbons (Fsp3) is 0.917. The zero-order valence-corrected chi connectivity index (χ0v) is 11.5. The van der Waals surface area contributed by atoms with Crippen LogP contribution in [-0.2, 0) is 9.53 Å². The van der Waals surface area contributed by atoms with Gasteiger partial charge in [0.15, 0.2) is 0 Å². The summed E-state index contributed by atoms with van der Waals surface area (Å²) >= 11 is 1.81. The maximum atomic E-state index is 12.3. The van der Waals surface area contributed by atoms with Crippen molar-refractivity contribution in [3.05, 3.63) is 0 Å². The van der Waals surface area contributed by atoms with Crippen molar-refractivity contribution in [2.45, 2.75) is 18.5 Å². The summed E-state index contributed by atoms with van der Waals surface area (Å²) in [6.45, 7) is 5.54. The lowest BCUT2D eigenvalue weighted by molar-refractivity contribution is -0.131. The predicted octanol–water partition coefficient (Wildman–Crippen LogP) is -0.418. The third kappa shape index (κ3) is 2.66. The lowest BCUT2D eigenvalue weighted by Gasteiger charge is -2.32. The van der Waals surface area contributed by atoms with Gasteiger partial charge in [-0.3, -0.25) is 15.0 Å². The molecule has 0 saturated carbocycles. The summed E-state index contributed by atoms with van der Waals surface area (Å²) in [5.74, 6) is 2.14. The summed E-state index contributed by atoms with van der Waals surface area (Å²) in [5, 5.41) is 3.27. The molecule has 102 valence electrons. The van der Waals surface area contributed by atoms with Crippen molar-refractivity contribution in [1.29, 1.82) is 0 Å². The van der Waals surface area contributed by atoms with Crippen LogP contribution in [0.15, 0.2) is 0 Å². The number of carbonyl (C=O) groups is 1. The molecule has 0 spiro atoms. The molecule has 3 heterocycles. The third-order valence-electron chi connectivity index (χ3n) is 4.05. The second kappa shape index (κ2) is 5.77. The van der Waals surface area contributed by atoms with Gasteiger partial charge in [-0.1, -0.05) is 0 Å². The molecule has 3 aliphatic heterocycles. The lowest BCUT2D eigenvalue weighted by atomic mass is 10.2. The Hall–Kier alpha value is -0.300. The first kappa shape index (κ1) is 12.7. The predicted molar refractivity (Wildman–Crippen MR) is 71.6 cm³/mol. The molecule has 2 atom stereocenters. The molecule has 3 saturated heterocycles. The Morgan fingerprint density at radius 3 is 2.83 bits per heavy atom. The van der Waals surface area contributed by atoms with Crippen LogP contribution in [0, 0.1) is 0 Å². The number of thioether (sulfide) groups is 1. The molecule has 0 bridgehead atoms. The standard InChI is InChI=1S/C12H21N3O2S/c16-12(11-8-18-9-13-11)15-2-1-10(7-15)14-3-5-17-6-4-14/h10-11,13H,1-9H2/t10-,11-/m0/s1. The van der Waals surface area contributed by atoms with Crippen molar-refractivity contribution in [2.75, 3.05) is 51.0 Å². The second-order valence-corrected chi connectivity index (χ2v) is 6.18. The summed E-state index contributed by atoms with van der Waals surface area (Å²) in [6, 6.07) is 0.602. The monoisotopic (exact) mass is 271 g/mol. The van der Waals surface area contributed by atoms with Crippen LogP contribution in [0.2, 0.25) is 0 Å². The molecular weight excluding hydrogens is 250 g/mol. The van der Waals surface area contributed by atoms with Crippen molar-refractivity contribution in [1.82, 2.24) is 15.1 Å². The first-order chi connectivity index (χ1) is 8.84. The van der Waals surface area contributed by atoms with E-state index in [1.807, 2.05) is 16.7 Å². The molecule has 3 aliphatic rings. The van der Waals surface area contributed by atoms with Gasteiger partial charge in [-0.25, -0.2) is 0 Å². The number of morpholine rings is 1. The van der Waals surface area contributed by atoms with Crippen LogP contribution in [0.5, 0.6) is 0 Å². The zero-order chi connectivity index (χ0) is 12.4. The van der Waals surface area contributed by atoms with Gasteiger partial charge >= 0.3 is 0 Å². The Morgan fingerprint density at radius 2 is 2.11 bits per heavy atom. The number of amides is 1. The van der Waals surface area contributed by atoms with Gasteiger partial charge in [0.05, 0.1) is 19.3 Å². The van der Waals surface area contributed by atoms with E-state index >= 15 is 0 Å². The number of likely N-dealkylation sites (tertiary alicyclic amines) is 1. The molecule has 0 aromatic heterocycles. The second-order valence-electron chi connectivity index (χ2n) is 5.15. The van der Waals surface area contributed by atoms with E-state index in [4.69, 9.17) is 4.74 Å². The smallest absolute Gasteiger partial charge is 0.240 e. The van der Waals surface area contributed by atoms with Crippen molar-refractivity contribution in [3.8, 4) is 0 Å². The Balaban J connectivity index is 1.52. The number of ether oxygens (including phenoxy) is 1. The number of hydrogen-bond donors (Lipinski definition) is 1. The normalized spacial score (nSPS) is 34.1. The van der Waals surface area contributed by atoms with Gasteiger partial charge < -0.3 is 9.64 Å². The number of nitrogens with zero attached hydrogens (tertiary/aromatic N) is 2. The Kier molecular flexibility index (Phi) is 4.08. The summed E-state index contributed by atoms with van der Waals surface area (Å²) in [7, 11) is 0. The average Bonchev–Trinajstić information content (AvgIpc) is 3.10. The number of carbonyl (C=O) groups excluding carboxylic acids is 1. The summed E-state index contributed by atoms with van der Waals surface area (Å²) in [6.07, 6.45) is 1.12. The molecule has 3 rings (SSSR count). The van der Waals surface area contributed by atoms with Crippen molar-refractivity contribution < 1.29 is 9.53 Å². The fourth-order valence-electron chi connectivity index (χ4n) is 2.96. The quantitative estimate of drug-likeness (QED) is 0.739. The highest BCUT2D eigenvalue weighted by Crippen LogP contribution is 2.20. The van der Waals surface area contributed by atoms with Crippen LogP contribution < -0.4 is 5.32 Å². The third-order valence-corrected chi connectivity index (χ3v) is 4.99. The molecule has 6 heteroatoms. The van der Waals surface area contributed by atoms with Gasteiger partial charge in [0.25, 0.3) is 0 Å². The van der Waals surface area contributed by atoms with Crippen LogP contribution in [0.4, 0.5) is 0 Å². The molecule has 18 heavy (non-hydrogen) atoms. The molecule has 0 unspecified atom stereocenters. The summed E-state index contributed by atoms with van der Waals surface area (Å²) in [4.78, 5) is 16.8. The number of hydrogen-bond acceptors (Lipinski definition) is 5. The van der Waals surface area contributed by atoms with Gasteiger partial charge in [0.2, 0.25) is 5.91 Å². The molecular formula is C12H21N3O2S. The maximum absolute atomic E-state index is 12.3. The van der Waals surface area contributed by atoms with E-state index in [0.29, 0.717) is 11.9 Å². The van der Waals surface area contributed by atoms with Crippen LogP contribution in [0.3, 0.4) is 0 Å². The zero-order valence-electron chi connectivity index (χ0n) is 10.6. The van der Waals surface area contributed by atoms with Crippen LogP contribution >= 0.6 is 11.8 Å². The Labute approximate surface area is 112 Å². The SMILES string of the molecule is O=C([C@@H]1CSCN1)N1CC[C@H](N2CCOCC2)C1. The highest BCUT2D eigenvalue weighted by Gasteiger charge is 2.34. The minimum absolute atomic E-state index is 0.0541. The van der Waals surface area contributed by atoms with E-state index in [1.165, 1.54) is 0 Å². The number of nitrogens with one attached hydrogen (secondary N) is 1. The van der Waals surface area contributed by atoms with E-state index in [0.717, 1.165) is 57.4 Å². The van der Waals surface area contributed by atoms with Crippen molar-refractivity contribution in [3.63, 3.8) is 0 Å². The Morgan fingerprint density at radius 1 is 1.28 bits per heavy atom. The van der Waals surface area contributed by atoms with Crippen LogP contribution in [0.1, 0.15) is 6.42 Å². The molecule has 0 aliphatic carbocycles. The van der Waals surface area contributed by atoms with E-state index in [-0.39, 0.29) is 6.04 Å². The van der Waals surface area contributed by atoms with Gasteiger partial charge in [-0.15, -0.1) is 11.8 Å². The molecule has 0 radical (unpaired) electrons. The van der Waals surface area contributed by atoms with Gasteiger partial charge in [0, 0.05) is 43.9 Å². The molecule has 3 fully saturated rings. The number of rotatable bonds is 2. The van der Waals surface area contributed by atoms with Crippen molar-refractivity contribution in [2.24, 2.45) is 0 Å². The molecule has 1 N–H and O–H groups in total. The van der Waals surface area contributed by atoms with E-state index < -0.39 is 0 Å². The molecule has 1 amide bonds. The minimum Gasteiger partial charge on any atom is -0.379 e. The topological polar surface area (TPSA) is 44.8 Å². The fourth-order valence-corrected chi connectivity index (χ4v) is 3.89. The average molecular weight is 271 g/mol. The van der Waals surface area contributed by atoms with E-state index in [9.17, 15) is 4.79 Å². The van der Waals surface area contributed by atoms with Gasteiger partial charge in [-0.05, 0) is 6.42 Å². The van der Waals surface area contributed by atoms with Gasteiger partial charge in [0.1, 0.15) is 0 Å². The summed E-state index contributed by atoms with van der Waals surface area (Å²) < 4.78 is 5.38. The lowest BCUT2D eigenvalue weighted by Crippen LogP contribution is -2.47. The molecule has 5 nitrogen and oxygen atoms in total. The first-order valence-electron chi connectivity index (χ1n) is 6.76. The highest BCUT2D eigenvalue weighted by atomic mass is 32.2. The maximum Gasteiger partial charge on any atom is 0.240 e. The van der Waals surface area contributed by atoms with Crippen LogP contribution in [0.25, 0.3) is 0 Å². The van der Waals surface area contributed by atoms with Gasteiger partial charge in [-0.2, -0.15) is 0 Å². The highest BCUT2D eigenvalue weighted by molar-refractivity contribution is 7.99. The summed E-state index contributed by atoms with van der Waals surface area (Å²) in [5.41, 5.74) is 0. The van der Waals surface area contributed by atoms with E-state index in [1.54, 1.807) is 0 Å². The van der Waals surface area contributed by atoms with Crippen LogP contribution in [-0.4, -0.2) is 78.8 Å². The molecule has 0 aromatic carbocycles. The van der Waals surface area contributed by atoms with E-state index in [2.05, 4.69) is 10.2 Å². The first-order valence-corrected chi connectivity index (χ1v) is 7.92. The Bertz CT molecular complexity index is 304. The largest absolute Gasteiger partial charge is 0.379 e. The minimum atomic E-state index is 0.0541. The molecule has 0 aromatic rings.